The third kappa shape index (κ3) is 4.12. The highest BCUT2D eigenvalue weighted by Gasteiger charge is 2.25. The zero-order chi connectivity index (χ0) is 20.4. The Bertz CT molecular complexity index is 963. The highest BCUT2D eigenvalue weighted by atomic mass is 19.2. The molecule has 4 rings (SSSR count). The first-order chi connectivity index (χ1) is 14.1. The lowest BCUT2D eigenvalue weighted by Crippen LogP contribution is -2.13. The van der Waals surface area contributed by atoms with Gasteiger partial charge in [-0.15, -0.1) is 0 Å². The molecule has 0 bridgehead atoms. The first-order valence-corrected chi connectivity index (χ1v) is 10.7. The second-order valence-electron chi connectivity index (χ2n) is 8.41. The Hall–Kier alpha value is -2.48. The van der Waals surface area contributed by atoms with Gasteiger partial charge in [-0.25, -0.2) is 8.78 Å². The molecule has 0 N–H and O–H groups in total. The molecule has 0 aromatic heterocycles. The second-order valence-corrected chi connectivity index (χ2v) is 8.41. The molecule has 0 aliphatic heterocycles. The molecule has 150 valence electrons. The van der Waals surface area contributed by atoms with Crippen molar-refractivity contribution in [2.24, 2.45) is 5.92 Å². The number of benzene rings is 3. The van der Waals surface area contributed by atoms with Gasteiger partial charge in [0.1, 0.15) is 0 Å². The first kappa shape index (κ1) is 19.8. The summed E-state index contributed by atoms with van der Waals surface area (Å²) in [6, 6.07) is 19.7. The molecule has 1 aliphatic rings. The summed E-state index contributed by atoms with van der Waals surface area (Å²) < 4.78 is 29.8. The summed E-state index contributed by atoms with van der Waals surface area (Å²) in [7, 11) is 0. The predicted molar refractivity (Wildman–Crippen MR) is 117 cm³/mol. The maximum Gasteiger partial charge on any atom is 0.166 e. The average Bonchev–Trinajstić information content (AvgIpc) is 2.77. The lowest BCUT2D eigenvalue weighted by atomic mass is 9.79. The van der Waals surface area contributed by atoms with E-state index in [-0.39, 0.29) is 5.92 Å². The summed E-state index contributed by atoms with van der Waals surface area (Å²) in [5.74, 6) is -0.555. The molecule has 3 aromatic carbocycles. The average molecular weight is 391 g/mol. The van der Waals surface area contributed by atoms with Gasteiger partial charge in [0.2, 0.25) is 0 Å². The van der Waals surface area contributed by atoms with Gasteiger partial charge in [-0.05, 0) is 58.9 Å². The van der Waals surface area contributed by atoms with E-state index in [1.54, 1.807) is 12.1 Å². The molecular formula is C27H28F2. The molecule has 1 saturated carbocycles. The van der Waals surface area contributed by atoms with Crippen molar-refractivity contribution in [3.05, 3.63) is 83.4 Å². The Kier molecular flexibility index (Phi) is 5.80. The van der Waals surface area contributed by atoms with Gasteiger partial charge in [-0.3, -0.25) is 0 Å². The Labute approximate surface area is 172 Å². The minimum atomic E-state index is -0.721. The summed E-state index contributed by atoms with van der Waals surface area (Å²) in [5.41, 5.74) is 5.09. The van der Waals surface area contributed by atoms with E-state index in [0.29, 0.717) is 22.6 Å². The summed E-state index contributed by atoms with van der Waals surface area (Å²) in [6.07, 6.45) is 5.09. The Balaban J connectivity index is 1.58. The summed E-state index contributed by atoms with van der Waals surface area (Å²) in [6.45, 7) is 4.37. The van der Waals surface area contributed by atoms with Crippen LogP contribution in [0.4, 0.5) is 8.78 Å². The van der Waals surface area contributed by atoms with Crippen molar-refractivity contribution < 1.29 is 8.78 Å². The number of hydrogen-bond donors (Lipinski definition) is 0. The molecule has 1 fully saturated rings. The molecule has 0 heterocycles. The van der Waals surface area contributed by atoms with Gasteiger partial charge < -0.3 is 0 Å². The maximum absolute atomic E-state index is 14.9. The van der Waals surface area contributed by atoms with Crippen LogP contribution >= 0.6 is 0 Å². The van der Waals surface area contributed by atoms with Crippen LogP contribution in [0.2, 0.25) is 0 Å². The molecule has 1 aliphatic carbocycles. The van der Waals surface area contributed by atoms with Crippen LogP contribution < -0.4 is 0 Å². The third-order valence-electron chi connectivity index (χ3n) is 6.46. The smallest absolute Gasteiger partial charge is 0.166 e. The quantitative estimate of drug-likeness (QED) is 0.421. The van der Waals surface area contributed by atoms with E-state index in [0.717, 1.165) is 43.2 Å². The second kappa shape index (κ2) is 8.49. The van der Waals surface area contributed by atoms with Crippen molar-refractivity contribution in [2.75, 3.05) is 0 Å². The molecule has 0 radical (unpaired) electrons. The molecule has 0 spiro atoms. The van der Waals surface area contributed by atoms with Crippen molar-refractivity contribution in [3.8, 4) is 22.3 Å². The Morgan fingerprint density at radius 1 is 0.690 bits per heavy atom. The van der Waals surface area contributed by atoms with E-state index >= 15 is 0 Å². The Morgan fingerprint density at radius 3 is 1.83 bits per heavy atom. The fourth-order valence-corrected chi connectivity index (χ4v) is 4.45. The maximum atomic E-state index is 14.9. The zero-order valence-corrected chi connectivity index (χ0v) is 17.2. The highest BCUT2D eigenvalue weighted by Crippen LogP contribution is 2.38. The number of halogens is 2. The molecule has 3 aromatic rings. The van der Waals surface area contributed by atoms with Gasteiger partial charge in [0.15, 0.2) is 11.6 Å². The van der Waals surface area contributed by atoms with Gasteiger partial charge >= 0.3 is 0 Å². The SMILES string of the molecule is CCc1ccc(-c2ccc(-c3ccc(C4CCC(C)CC4)c(F)c3F)cc2)cc1. The summed E-state index contributed by atoms with van der Waals surface area (Å²) in [5, 5.41) is 0. The molecule has 0 saturated heterocycles. The van der Waals surface area contributed by atoms with Crippen LogP contribution in [-0.4, -0.2) is 0 Å². The normalized spacial score (nSPS) is 19.3. The third-order valence-corrected chi connectivity index (χ3v) is 6.46. The van der Waals surface area contributed by atoms with Crippen LogP contribution in [-0.2, 0) is 6.42 Å². The number of hydrogen-bond acceptors (Lipinski definition) is 0. The van der Waals surface area contributed by atoms with Crippen molar-refractivity contribution in [2.45, 2.75) is 51.9 Å². The van der Waals surface area contributed by atoms with Crippen molar-refractivity contribution in [3.63, 3.8) is 0 Å². The van der Waals surface area contributed by atoms with E-state index in [4.69, 9.17) is 0 Å². The number of rotatable bonds is 4. The minimum absolute atomic E-state index is 0.142. The molecule has 29 heavy (non-hydrogen) atoms. The van der Waals surface area contributed by atoms with E-state index < -0.39 is 11.6 Å². The van der Waals surface area contributed by atoms with E-state index in [1.165, 1.54) is 5.56 Å². The predicted octanol–water partition coefficient (Wildman–Crippen LogP) is 8.15. The van der Waals surface area contributed by atoms with Crippen LogP contribution in [0.25, 0.3) is 22.3 Å². The highest BCUT2D eigenvalue weighted by molar-refractivity contribution is 5.71. The van der Waals surface area contributed by atoms with Gasteiger partial charge in [0.05, 0.1) is 0 Å². The minimum Gasteiger partial charge on any atom is -0.203 e. The van der Waals surface area contributed by atoms with E-state index in [9.17, 15) is 8.78 Å². The standard InChI is InChI=1S/C27H28F2/c1-3-19-6-10-20(11-7-19)21-12-14-23(15-13-21)25-17-16-24(26(28)27(25)29)22-8-4-18(2)5-9-22/h6-7,10-18,22H,3-5,8-9H2,1-2H3. The van der Waals surface area contributed by atoms with Crippen molar-refractivity contribution in [1.29, 1.82) is 0 Å². The van der Waals surface area contributed by atoms with Gasteiger partial charge in [-0.2, -0.15) is 0 Å². The topological polar surface area (TPSA) is 0 Å². The van der Waals surface area contributed by atoms with Crippen LogP contribution in [0.5, 0.6) is 0 Å². The monoisotopic (exact) mass is 390 g/mol. The molecule has 0 nitrogen and oxygen atoms in total. The van der Waals surface area contributed by atoms with Gasteiger partial charge in [0.25, 0.3) is 0 Å². The van der Waals surface area contributed by atoms with Crippen LogP contribution in [0.15, 0.2) is 60.7 Å². The van der Waals surface area contributed by atoms with Crippen molar-refractivity contribution >= 4 is 0 Å². The van der Waals surface area contributed by atoms with Gasteiger partial charge in [0, 0.05) is 5.56 Å². The molecular weight excluding hydrogens is 362 g/mol. The number of aryl methyl sites for hydroxylation is 1. The van der Waals surface area contributed by atoms with Gasteiger partial charge in [-0.1, -0.05) is 87.4 Å². The summed E-state index contributed by atoms with van der Waals surface area (Å²) in [4.78, 5) is 0. The lowest BCUT2D eigenvalue weighted by Gasteiger charge is -2.27. The largest absolute Gasteiger partial charge is 0.203 e. The molecule has 2 heteroatoms. The molecule has 0 unspecified atom stereocenters. The fraction of sp³-hybridized carbons (Fsp3) is 0.333. The fourth-order valence-electron chi connectivity index (χ4n) is 4.45. The van der Waals surface area contributed by atoms with E-state index in [1.807, 2.05) is 24.3 Å². The van der Waals surface area contributed by atoms with Crippen LogP contribution in [0.1, 0.15) is 56.6 Å². The van der Waals surface area contributed by atoms with E-state index in [2.05, 4.69) is 38.1 Å². The Morgan fingerprint density at radius 2 is 1.24 bits per heavy atom. The molecule has 0 atom stereocenters. The van der Waals surface area contributed by atoms with Crippen molar-refractivity contribution in [1.82, 2.24) is 0 Å². The zero-order valence-electron chi connectivity index (χ0n) is 17.2. The lowest BCUT2D eigenvalue weighted by molar-refractivity contribution is 0.339. The molecule has 0 amide bonds. The van der Waals surface area contributed by atoms with Crippen LogP contribution in [0.3, 0.4) is 0 Å². The summed E-state index contributed by atoms with van der Waals surface area (Å²) >= 11 is 0. The van der Waals surface area contributed by atoms with Crippen LogP contribution in [0, 0.1) is 17.6 Å². The first-order valence-electron chi connectivity index (χ1n) is 10.7.